The molecule has 0 amide bonds. The number of hydrogen-bond donors (Lipinski definition) is 1. The Morgan fingerprint density at radius 2 is 2.03 bits per heavy atom. The third-order valence-corrected chi connectivity index (χ3v) is 4.93. The molecular formula is C18H16F3N9O. The second-order valence-electron chi connectivity index (χ2n) is 7.14. The average molecular weight is 431 g/mol. The van der Waals surface area contributed by atoms with E-state index >= 15 is 0 Å². The summed E-state index contributed by atoms with van der Waals surface area (Å²) in [4.78, 5) is 15.0. The molecule has 1 aliphatic rings. The number of rotatable bonds is 3. The molecule has 0 unspecified atom stereocenters. The van der Waals surface area contributed by atoms with Gasteiger partial charge in [0.05, 0.1) is 35.8 Å². The highest BCUT2D eigenvalue weighted by atomic mass is 19.4. The maximum absolute atomic E-state index is 13.2. The zero-order valence-corrected chi connectivity index (χ0v) is 16.2. The van der Waals surface area contributed by atoms with Crippen molar-refractivity contribution >= 4 is 11.6 Å². The van der Waals surface area contributed by atoms with Crippen LogP contribution in [0.4, 0.5) is 19.1 Å². The summed E-state index contributed by atoms with van der Waals surface area (Å²) in [5, 5.41) is 13.9. The Bertz CT molecular complexity index is 1210. The van der Waals surface area contributed by atoms with Gasteiger partial charge in [0.1, 0.15) is 11.8 Å². The number of pyridine rings is 1. The van der Waals surface area contributed by atoms with Crippen LogP contribution in [0.1, 0.15) is 24.4 Å². The van der Waals surface area contributed by atoms with Crippen molar-refractivity contribution in [3.05, 3.63) is 48.2 Å². The minimum Gasteiger partial charge on any atom is -0.363 e. The molecule has 1 fully saturated rings. The highest BCUT2D eigenvalue weighted by Crippen LogP contribution is 2.31. The summed E-state index contributed by atoms with van der Waals surface area (Å²) in [7, 11) is 0. The summed E-state index contributed by atoms with van der Waals surface area (Å²) in [6, 6.07) is 3.96. The number of H-pyrrole nitrogens is 1. The Hall–Kier alpha value is -3.61. The molecule has 1 aliphatic heterocycles. The number of aromatic amines is 1. The summed E-state index contributed by atoms with van der Waals surface area (Å²) in [5.41, 5.74) is 0.506. The SMILES string of the molecule is C[C@@H]1CN(c2nccc(-c3cnc4ccc(C(F)(F)F)cn34)n2)C[C@H](c2nn[nH]n2)O1. The van der Waals surface area contributed by atoms with Gasteiger partial charge in [-0.15, -0.1) is 10.2 Å². The van der Waals surface area contributed by atoms with Gasteiger partial charge in [-0.25, -0.2) is 15.0 Å². The molecule has 160 valence electrons. The largest absolute Gasteiger partial charge is 0.417 e. The fourth-order valence-corrected chi connectivity index (χ4v) is 3.54. The van der Waals surface area contributed by atoms with E-state index in [9.17, 15) is 13.2 Å². The maximum Gasteiger partial charge on any atom is 0.417 e. The van der Waals surface area contributed by atoms with Crippen LogP contribution < -0.4 is 4.90 Å². The highest BCUT2D eigenvalue weighted by molar-refractivity contribution is 5.61. The number of hydrogen-bond acceptors (Lipinski definition) is 8. The number of anilines is 1. The molecule has 4 aromatic rings. The lowest BCUT2D eigenvalue weighted by Gasteiger charge is -2.35. The van der Waals surface area contributed by atoms with Crippen LogP contribution in [0.25, 0.3) is 17.0 Å². The Morgan fingerprint density at radius 3 is 2.81 bits per heavy atom. The molecule has 5 rings (SSSR count). The number of alkyl halides is 3. The molecule has 0 spiro atoms. The normalized spacial score (nSPS) is 19.8. The van der Waals surface area contributed by atoms with E-state index in [1.807, 2.05) is 11.8 Å². The number of nitrogens with zero attached hydrogens (tertiary/aromatic N) is 8. The molecule has 2 atom stereocenters. The predicted molar refractivity (Wildman–Crippen MR) is 101 cm³/mol. The number of fused-ring (bicyclic) bond motifs is 1. The minimum absolute atomic E-state index is 0.144. The van der Waals surface area contributed by atoms with Crippen molar-refractivity contribution in [2.45, 2.75) is 25.3 Å². The quantitative estimate of drug-likeness (QED) is 0.526. The van der Waals surface area contributed by atoms with Gasteiger partial charge >= 0.3 is 6.18 Å². The first-order valence-electron chi connectivity index (χ1n) is 9.40. The second-order valence-corrected chi connectivity index (χ2v) is 7.14. The monoisotopic (exact) mass is 431 g/mol. The molecule has 0 radical (unpaired) electrons. The molecule has 13 heteroatoms. The van der Waals surface area contributed by atoms with Crippen molar-refractivity contribution < 1.29 is 17.9 Å². The van der Waals surface area contributed by atoms with Crippen LogP contribution in [-0.2, 0) is 10.9 Å². The fraction of sp³-hybridized carbons (Fsp3) is 0.333. The summed E-state index contributed by atoms with van der Waals surface area (Å²) < 4.78 is 46.7. The van der Waals surface area contributed by atoms with Crippen LogP contribution in [-0.4, -0.2) is 59.2 Å². The van der Waals surface area contributed by atoms with E-state index in [4.69, 9.17) is 4.74 Å². The van der Waals surface area contributed by atoms with Crippen LogP contribution in [0, 0.1) is 0 Å². The molecule has 1 saturated heterocycles. The van der Waals surface area contributed by atoms with Gasteiger partial charge in [0.25, 0.3) is 0 Å². The van der Waals surface area contributed by atoms with Gasteiger partial charge in [-0.05, 0) is 25.1 Å². The van der Waals surface area contributed by atoms with Crippen molar-refractivity contribution in [3.8, 4) is 11.4 Å². The molecule has 1 N–H and O–H groups in total. The smallest absolute Gasteiger partial charge is 0.363 e. The molecule has 10 nitrogen and oxygen atoms in total. The van der Waals surface area contributed by atoms with Gasteiger partial charge in [-0.1, -0.05) is 5.21 Å². The minimum atomic E-state index is -4.46. The molecule has 5 heterocycles. The molecule has 0 aromatic carbocycles. The Kier molecular flexibility index (Phi) is 4.54. The summed E-state index contributed by atoms with van der Waals surface area (Å²) in [5.74, 6) is 0.845. The van der Waals surface area contributed by atoms with Crippen LogP contribution >= 0.6 is 0 Å². The number of aromatic nitrogens is 8. The third kappa shape index (κ3) is 3.67. The summed E-state index contributed by atoms with van der Waals surface area (Å²) in [6.45, 7) is 2.84. The van der Waals surface area contributed by atoms with Gasteiger partial charge in [-0.3, -0.25) is 4.40 Å². The fourth-order valence-electron chi connectivity index (χ4n) is 3.54. The number of morpholine rings is 1. The first kappa shape index (κ1) is 19.4. The molecule has 0 saturated carbocycles. The van der Waals surface area contributed by atoms with Gasteiger partial charge in [-0.2, -0.15) is 18.4 Å². The highest BCUT2D eigenvalue weighted by Gasteiger charge is 2.32. The van der Waals surface area contributed by atoms with E-state index in [0.29, 0.717) is 41.9 Å². The molecule has 0 aliphatic carbocycles. The van der Waals surface area contributed by atoms with Crippen LogP contribution in [0.5, 0.6) is 0 Å². The van der Waals surface area contributed by atoms with E-state index in [-0.39, 0.29) is 6.10 Å². The summed E-state index contributed by atoms with van der Waals surface area (Å²) >= 11 is 0. The zero-order valence-electron chi connectivity index (χ0n) is 16.2. The van der Waals surface area contributed by atoms with Crippen molar-refractivity contribution in [2.24, 2.45) is 0 Å². The van der Waals surface area contributed by atoms with Gasteiger partial charge in [0.15, 0.2) is 0 Å². The number of halogens is 3. The summed E-state index contributed by atoms with van der Waals surface area (Å²) in [6.07, 6.45) is -0.947. The first-order chi connectivity index (χ1) is 14.9. The van der Waals surface area contributed by atoms with Crippen molar-refractivity contribution in [1.29, 1.82) is 0 Å². The lowest BCUT2D eigenvalue weighted by molar-refractivity contribution is -0.137. The van der Waals surface area contributed by atoms with Crippen molar-refractivity contribution in [2.75, 3.05) is 18.0 Å². The van der Waals surface area contributed by atoms with E-state index in [2.05, 4.69) is 35.6 Å². The average Bonchev–Trinajstić information content (AvgIpc) is 3.42. The topological polar surface area (TPSA) is 110 Å². The second kappa shape index (κ2) is 7.27. The lowest BCUT2D eigenvalue weighted by atomic mass is 10.2. The van der Waals surface area contributed by atoms with Crippen molar-refractivity contribution in [3.63, 3.8) is 0 Å². The van der Waals surface area contributed by atoms with Gasteiger partial charge < -0.3 is 9.64 Å². The number of nitrogens with one attached hydrogen (secondary N) is 1. The van der Waals surface area contributed by atoms with E-state index in [1.165, 1.54) is 16.7 Å². The number of ether oxygens (including phenoxy) is 1. The lowest BCUT2D eigenvalue weighted by Crippen LogP contribution is -2.44. The first-order valence-corrected chi connectivity index (χ1v) is 9.40. The zero-order chi connectivity index (χ0) is 21.6. The van der Waals surface area contributed by atoms with Crippen molar-refractivity contribution in [1.82, 2.24) is 40.0 Å². The Labute approximate surface area is 173 Å². The number of imidazole rings is 1. The standard InChI is InChI=1S/C18H16F3N9O/c1-10-7-29(9-14(31-10)16-25-27-28-26-16)17-22-5-4-12(24-17)13-6-23-15-3-2-11(8-30(13)15)18(19,20)21/h2-6,8,10,14H,7,9H2,1H3,(H,25,26,27,28)/t10-,14-/m1/s1. The van der Waals surface area contributed by atoms with Crippen LogP contribution in [0.3, 0.4) is 0 Å². The van der Waals surface area contributed by atoms with Crippen LogP contribution in [0.2, 0.25) is 0 Å². The van der Waals surface area contributed by atoms with E-state index in [1.54, 1.807) is 12.3 Å². The van der Waals surface area contributed by atoms with E-state index < -0.39 is 17.8 Å². The predicted octanol–water partition coefficient (Wildman–Crippen LogP) is 2.29. The molecule has 0 bridgehead atoms. The molecule has 31 heavy (non-hydrogen) atoms. The third-order valence-electron chi connectivity index (χ3n) is 4.93. The van der Waals surface area contributed by atoms with Gasteiger partial charge in [0, 0.05) is 18.9 Å². The molecular weight excluding hydrogens is 415 g/mol. The van der Waals surface area contributed by atoms with Crippen LogP contribution in [0.15, 0.2) is 36.8 Å². The maximum atomic E-state index is 13.2. The van der Waals surface area contributed by atoms with E-state index in [0.717, 1.165) is 12.3 Å². The molecule has 4 aromatic heterocycles. The number of tetrazole rings is 1. The van der Waals surface area contributed by atoms with Gasteiger partial charge in [0.2, 0.25) is 11.8 Å². The Morgan fingerprint density at radius 1 is 1.16 bits per heavy atom. The Balaban J connectivity index is 1.49.